The number of nitrogens with one attached hydrogen (secondary N) is 1. The zero-order valence-corrected chi connectivity index (χ0v) is 23.9. The van der Waals surface area contributed by atoms with Crippen LogP contribution in [0.15, 0.2) is 34.2 Å². The summed E-state index contributed by atoms with van der Waals surface area (Å²) >= 11 is 0. The van der Waals surface area contributed by atoms with Crippen LogP contribution in [0, 0.1) is 11.7 Å². The predicted octanol–water partition coefficient (Wildman–Crippen LogP) is 4.87. The highest BCUT2D eigenvalue weighted by Crippen LogP contribution is 2.21. The summed E-state index contributed by atoms with van der Waals surface area (Å²) in [5.74, 6) is 0.153. The van der Waals surface area contributed by atoms with Crippen molar-refractivity contribution in [2.75, 3.05) is 7.11 Å². The van der Waals surface area contributed by atoms with Gasteiger partial charge in [0.2, 0.25) is 0 Å². The summed E-state index contributed by atoms with van der Waals surface area (Å²) in [6.07, 6.45) is 0.00134. The molecule has 1 aromatic heterocycles. The van der Waals surface area contributed by atoms with Gasteiger partial charge in [-0.1, -0.05) is 19.0 Å². The molecule has 2 rings (SSSR count). The van der Waals surface area contributed by atoms with Crippen LogP contribution in [0.3, 0.4) is 0 Å². The number of carbonyl (C=O) groups excluding carboxylic acids is 1. The standard InChI is InChI=1S/C28H41FN4O5/c1-17(2)24(30-27(35)37-28(6,7)8)16-33-26(34)21(15-23(31-33)19(5)32-38-18(3)4)11-10-20-14-22(29)12-13-25(20)36-9/h12-15,17-18,24H,10-11,16H2,1-9H3,(H,30,35)/b32-19+/t24-/m1/s1. The topological polar surface area (TPSA) is 104 Å². The number of hydrogen-bond acceptors (Lipinski definition) is 7. The Morgan fingerprint density at radius 1 is 1.13 bits per heavy atom. The molecule has 1 amide bonds. The second kappa shape index (κ2) is 13.4. The van der Waals surface area contributed by atoms with Crippen molar-refractivity contribution in [2.24, 2.45) is 11.1 Å². The van der Waals surface area contributed by atoms with Gasteiger partial charge < -0.3 is 19.6 Å². The Bertz CT molecular complexity index is 1180. The van der Waals surface area contributed by atoms with Gasteiger partial charge >= 0.3 is 6.09 Å². The molecule has 0 fully saturated rings. The maximum absolute atomic E-state index is 13.9. The number of halogens is 1. The molecule has 1 aromatic carbocycles. The van der Waals surface area contributed by atoms with Crippen molar-refractivity contribution in [1.82, 2.24) is 15.1 Å². The number of hydrogen-bond donors (Lipinski definition) is 1. The van der Waals surface area contributed by atoms with E-state index in [1.165, 1.54) is 23.9 Å². The second-order valence-electron chi connectivity index (χ2n) is 10.8. The van der Waals surface area contributed by atoms with E-state index in [1.54, 1.807) is 39.8 Å². The van der Waals surface area contributed by atoms with E-state index in [2.05, 4.69) is 15.6 Å². The van der Waals surface area contributed by atoms with Crippen molar-refractivity contribution < 1.29 is 23.5 Å². The minimum absolute atomic E-state index is 0.0149. The van der Waals surface area contributed by atoms with E-state index in [9.17, 15) is 14.0 Å². The fraction of sp³-hybridized carbons (Fsp3) is 0.571. The summed E-state index contributed by atoms with van der Waals surface area (Å²) in [5.41, 5.74) is 1.12. The Morgan fingerprint density at radius 2 is 1.79 bits per heavy atom. The van der Waals surface area contributed by atoms with Gasteiger partial charge in [0.15, 0.2) is 0 Å². The van der Waals surface area contributed by atoms with Crippen molar-refractivity contribution in [3.63, 3.8) is 0 Å². The van der Waals surface area contributed by atoms with Crippen molar-refractivity contribution in [3.8, 4) is 5.75 Å². The van der Waals surface area contributed by atoms with E-state index in [1.807, 2.05) is 27.7 Å². The van der Waals surface area contributed by atoms with Crippen LogP contribution in [0.5, 0.6) is 5.75 Å². The van der Waals surface area contributed by atoms with Gasteiger partial charge in [-0.25, -0.2) is 13.9 Å². The van der Waals surface area contributed by atoms with Gasteiger partial charge in [-0.2, -0.15) is 5.10 Å². The molecule has 1 atom stereocenters. The molecular weight excluding hydrogens is 491 g/mol. The van der Waals surface area contributed by atoms with Gasteiger partial charge in [-0.05, 0) is 90.1 Å². The number of methoxy groups -OCH3 is 1. The smallest absolute Gasteiger partial charge is 0.407 e. The highest BCUT2D eigenvalue weighted by molar-refractivity contribution is 5.96. The lowest BCUT2D eigenvalue weighted by molar-refractivity contribution is 0.0482. The number of ether oxygens (including phenoxy) is 2. The third-order valence-electron chi connectivity index (χ3n) is 5.60. The van der Waals surface area contributed by atoms with E-state index in [0.29, 0.717) is 41.1 Å². The van der Waals surface area contributed by atoms with Crippen LogP contribution in [0.2, 0.25) is 0 Å². The van der Waals surface area contributed by atoms with Crippen LogP contribution >= 0.6 is 0 Å². The van der Waals surface area contributed by atoms with Gasteiger partial charge in [0.05, 0.1) is 19.7 Å². The normalized spacial score (nSPS) is 13.0. The molecule has 1 N–H and O–H groups in total. The van der Waals surface area contributed by atoms with Crippen molar-refractivity contribution in [1.29, 1.82) is 0 Å². The van der Waals surface area contributed by atoms with E-state index >= 15 is 0 Å². The highest BCUT2D eigenvalue weighted by atomic mass is 19.1. The van der Waals surface area contributed by atoms with Crippen LogP contribution < -0.4 is 15.6 Å². The number of aryl methyl sites for hydroxylation is 2. The zero-order valence-electron chi connectivity index (χ0n) is 23.9. The minimum Gasteiger partial charge on any atom is -0.496 e. The Balaban J connectivity index is 2.45. The Morgan fingerprint density at radius 3 is 2.37 bits per heavy atom. The highest BCUT2D eigenvalue weighted by Gasteiger charge is 2.23. The Labute approximate surface area is 224 Å². The first-order valence-electron chi connectivity index (χ1n) is 12.8. The quantitative estimate of drug-likeness (QED) is 0.327. The molecular formula is C28H41FN4O5. The summed E-state index contributed by atoms with van der Waals surface area (Å²) in [4.78, 5) is 31.4. The third-order valence-corrected chi connectivity index (χ3v) is 5.60. The van der Waals surface area contributed by atoms with Crippen molar-refractivity contribution >= 4 is 11.8 Å². The SMILES string of the molecule is COc1ccc(F)cc1CCc1cc(/C(C)=N/OC(C)C)nn(C[C@@H](NC(=O)OC(C)(C)C)C(C)C)c1=O. The van der Waals surface area contributed by atoms with E-state index < -0.39 is 17.7 Å². The van der Waals surface area contributed by atoms with E-state index in [0.717, 1.165) is 0 Å². The molecule has 9 nitrogen and oxygen atoms in total. The molecule has 10 heteroatoms. The minimum atomic E-state index is -0.657. The molecule has 1 heterocycles. The maximum Gasteiger partial charge on any atom is 0.407 e. The van der Waals surface area contributed by atoms with Crippen molar-refractivity contribution in [2.45, 2.75) is 92.5 Å². The second-order valence-corrected chi connectivity index (χ2v) is 10.8. The maximum atomic E-state index is 13.9. The number of aromatic nitrogens is 2. The molecule has 2 aromatic rings. The summed E-state index contributed by atoms with van der Waals surface area (Å²) in [7, 11) is 1.52. The lowest BCUT2D eigenvalue weighted by Crippen LogP contribution is -2.46. The van der Waals surface area contributed by atoms with Gasteiger partial charge in [-0.3, -0.25) is 4.79 Å². The third kappa shape index (κ3) is 9.46. The number of oxime groups is 1. The summed E-state index contributed by atoms with van der Waals surface area (Å²) in [5, 5.41) is 11.5. The molecule has 0 radical (unpaired) electrons. The number of benzene rings is 1. The van der Waals surface area contributed by atoms with Gasteiger partial charge in [-0.15, -0.1) is 0 Å². The average Bonchev–Trinajstić information content (AvgIpc) is 2.81. The average molecular weight is 533 g/mol. The number of carbonyl (C=O) groups is 1. The Kier molecular flexibility index (Phi) is 10.9. The molecule has 0 spiro atoms. The first kappa shape index (κ1) is 30.8. The molecule has 0 saturated heterocycles. The first-order chi connectivity index (χ1) is 17.7. The molecule has 0 aliphatic carbocycles. The molecule has 0 aliphatic heterocycles. The predicted molar refractivity (Wildman–Crippen MR) is 145 cm³/mol. The van der Waals surface area contributed by atoms with Crippen LogP contribution in [-0.4, -0.2) is 46.4 Å². The molecule has 210 valence electrons. The largest absolute Gasteiger partial charge is 0.496 e. The molecule has 38 heavy (non-hydrogen) atoms. The summed E-state index contributed by atoms with van der Waals surface area (Å²) in [6.45, 7) is 14.8. The zero-order chi connectivity index (χ0) is 28.6. The Hall–Kier alpha value is -3.43. The fourth-order valence-electron chi connectivity index (χ4n) is 3.59. The van der Waals surface area contributed by atoms with Crippen molar-refractivity contribution in [3.05, 3.63) is 57.3 Å². The lowest BCUT2D eigenvalue weighted by Gasteiger charge is -2.26. The van der Waals surface area contributed by atoms with E-state index in [-0.39, 0.29) is 29.9 Å². The monoisotopic (exact) mass is 532 g/mol. The van der Waals surface area contributed by atoms with Gasteiger partial charge in [0, 0.05) is 5.56 Å². The van der Waals surface area contributed by atoms with Gasteiger partial charge in [0.1, 0.15) is 34.7 Å². The number of alkyl carbamates (subject to hydrolysis) is 1. The summed E-state index contributed by atoms with van der Waals surface area (Å²) in [6, 6.07) is 5.56. The van der Waals surface area contributed by atoms with E-state index in [4.69, 9.17) is 14.3 Å². The lowest BCUT2D eigenvalue weighted by atomic mass is 10.0. The molecule has 0 saturated carbocycles. The molecule has 0 aliphatic rings. The fourth-order valence-corrected chi connectivity index (χ4v) is 3.59. The number of nitrogens with zero attached hydrogens (tertiary/aromatic N) is 3. The van der Waals surface area contributed by atoms with Gasteiger partial charge in [0.25, 0.3) is 5.56 Å². The van der Waals surface area contributed by atoms with Crippen LogP contribution in [0.1, 0.15) is 72.2 Å². The molecule has 0 unspecified atom stereocenters. The summed E-state index contributed by atoms with van der Waals surface area (Å²) < 4.78 is 26.0. The number of rotatable bonds is 11. The van der Waals surface area contributed by atoms with Crippen LogP contribution in [-0.2, 0) is 29.0 Å². The van der Waals surface area contributed by atoms with Crippen LogP contribution in [0.25, 0.3) is 0 Å². The number of amides is 1. The molecule has 0 bridgehead atoms. The first-order valence-corrected chi connectivity index (χ1v) is 12.8. The van der Waals surface area contributed by atoms with Crippen LogP contribution in [0.4, 0.5) is 9.18 Å².